The van der Waals surface area contributed by atoms with Crippen LogP contribution >= 0.6 is 34.4 Å². The van der Waals surface area contributed by atoms with Gasteiger partial charge in [0.1, 0.15) is 12.1 Å². The van der Waals surface area contributed by atoms with Crippen LogP contribution in [0.5, 0.6) is 5.75 Å². The van der Waals surface area contributed by atoms with Gasteiger partial charge in [-0.15, -0.1) is 0 Å². The van der Waals surface area contributed by atoms with E-state index in [0.717, 1.165) is 20.6 Å². The van der Waals surface area contributed by atoms with Crippen LogP contribution in [0.3, 0.4) is 0 Å². The Hall–Kier alpha value is -1.64. The number of hydrogen-bond donors (Lipinski definition) is 2. The van der Waals surface area contributed by atoms with E-state index in [0.29, 0.717) is 29.5 Å². The number of nitrogens with zero attached hydrogens (tertiary/aromatic N) is 4. The molecule has 1 aliphatic rings. The Bertz CT molecular complexity index is 1250. The first-order valence-electron chi connectivity index (χ1n) is 9.66. The predicted molar refractivity (Wildman–Crippen MR) is 129 cm³/mol. The molecule has 0 radical (unpaired) electrons. The Morgan fingerprint density at radius 1 is 1.32 bits per heavy atom. The molecule has 9 nitrogen and oxygen atoms in total. The number of anilines is 1. The zero-order valence-electron chi connectivity index (χ0n) is 17.3. The van der Waals surface area contributed by atoms with E-state index in [4.69, 9.17) is 10.5 Å². The fourth-order valence-corrected chi connectivity index (χ4v) is 5.67. The van der Waals surface area contributed by atoms with Gasteiger partial charge in [-0.1, -0.05) is 11.8 Å². The third-order valence-corrected chi connectivity index (χ3v) is 9.41. The molecule has 0 fully saturated rings. The quantitative estimate of drug-likeness (QED) is 0.431. The number of nitrogens with two attached hydrogens (primary N) is 1. The Morgan fingerprint density at radius 2 is 2.10 bits per heavy atom. The second-order valence-corrected chi connectivity index (χ2v) is 12.8. The molecule has 3 aromatic rings. The average Bonchev–Trinajstić information content (AvgIpc) is 3.26. The summed E-state index contributed by atoms with van der Waals surface area (Å²) in [6.45, 7) is 6.23. The molecule has 0 saturated carbocycles. The minimum Gasteiger partial charge on any atom is -0.493 e. The number of ether oxygens (including phenoxy) is 1. The second-order valence-electron chi connectivity index (χ2n) is 8.08. The average molecular weight is 574 g/mol. The summed E-state index contributed by atoms with van der Waals surface area (Å²) in [5.74, 6) is 1.18. The highest BCUT2D eigenvalue weighted by Crippen LogP contribution is 2.38. The summed E-state index contributed by atoms with van der Waals surface area (Å²) < 4.78 is 35.3. The maximum Gasteiger partial charge on any atom is 0.216 e. The number of halogens is 1. The summed E-state index contributed by atoms with van der Waals surface area (Å²) in [5, 5.41) is 0.660. The minimum atomic E-state index is -3.46. The number of benzene rings is 1. The van der Waals surface area contributed by atoms with Gasteiger partial charge >= 0.3 is 0 Å². The molecule has 1 aliphatic heterocycles. The highest BCUT2D eigenvalue weighted by Gasteiger charge is 2.28. The van der Waals surface area contributed by atoms with Gasteiger partial charge in [-0.25, -0.2) is 28.1 Å². The number of sulfonamides is 1. The summed E-state index contributed by atoms with van der Waals surface area (Å²) in [6, 6.07) is 4.15. The Balaban J connectivity index is 1.67. The van der Waals surface area contributed by atoms with Crippen molar-refractivity contribution in [2.75, 3.05) is 18.9 Å². The Labute approximate surface area is 198 Å². The van der Waals surface area contributed by atoms with Crippen LogP contribution in [-0.4, -0.2) is 45.8 Å². The third-order valence-electron chi connectivity index (χ3n) is 4.90. The second kappa shape index (κ2) is 8.37. The lowest BCUT2D eigenvalue weighted by Gasteiger charge is -2.20. The normalized spacial score (nSPS) is 14.1. The van der Waals surface area contributed by atoms with Crippen molar-refractivity contribution in [3.05, 3.63) is 27.6 Å². The van der Waals surface area contributed by atoms with E-state index in [1.165, 1.54) is 23.7 Å². The maximum atomic E-state index is 12.4. The number of aromatic nitrogens is 4. The molecule has 0 saturated heterocycles. The SMILES string of the molecule is CC(C)(C)S(=O)(=O)NCCn1c(Sc2cc3c(cc2I)CCO3)nc2c(N)ncnc21. The molecular weight excluding hydrogens is 551 g/mol. The van der Waals surface area contributed by atoms with Gasteiger partial charge in [0, 0.05) is 28.0 Å². The summed E-state index contributed by atoms with van der Waals surface area (Å²) in [7, 11) is -3.46. The number of fused-ring (bicyclic) bond motifs is 2. The van der Waals surface area contributed by atoms with Crippen LogP contribution in [0.25, 0.3) is 11.2 Å². The van der Waals surface area contributed by atoms with E-state index in [-0.39, 0.29) is 12.4 Å². The third kappa shape index (κ3) is 4.47. The van der Waals surface area contributed by atoms with Crippen molar-refractivity contribution >= 4 is 61.4 Å². The maximum absolute atomic E-state index is 12.4. The molecule has 12 heteroatoms. The zero-order chi connectivity index (χ0) is 22.4. The topological polar surface area (TPSA) is 125 Å². The van der Waals surface area contributed by atoms with Gasteiger partial charge < -0.3 is 15.0 Å². The van der Waals surface area contributed by atoms with Gasteiger partial charge in [0.15, 0.2) is 22.1 Å². The van der Waals surface area contributed by atoms with Gasteiger partial charge in [-0.05, 0) is 61.1 Å². The first-order chi connectivity index (χ1) is 14.6. The van der Waals surface area contributed by atoms with Gasteiger partial charge in [-0.2, -0.15) is 0 Å². The van der Waals surface area contributed by atoms with Crippen molar-refractivity contribution < 1.29 is 13.2 Å². The van der Waals surface area contributed by atoms with Gasteiger partial charge in [0.05, 0.1) is 11.4 Å². The molecule has 0 aliphatic carbocycles. The molecule has 3 N–H and O–H groups in total. The lowest BCUT2D eigenvalue weighted by molar-refractivity contribution is 0.356. The van der Waals surface area contributed by atoms with Crippen LogP contribution in [0.4, 0.5) is 5.82 Å². The highest BCUT2D eigenvalue weighted by atomic mass is 127. The Morgan fingerprint density at radius 3 is 2.84 bits per heavy atom. The van der Waals surface area contributed by atoms with Crippen LogP contribution in [0.1, 0.15) is 26.3 Å². The lowest BCUT2D eigenvalue weighted by atomic mass is 10.2. The molecule has 3 heterocycles. The number of nitrogens with one attached hydrogen (secondary N) is 1. The van der Waals surface area contributed by atoms with Crippen LogP contribution in [0.2, 0.25) is 0 Å². The predicted octanol–water partition coefficient (Wildman–Crippen LogP) is 2.82. The van der Waals surface area contributed by atoms with Crippen molar-refractivity contribution in [2.24, 2.45) is 0 Å². The standard InChI is InChI=1S/C19H23IN6O3S2/c1-19(2,3)31(27,28)24-5-6-26-17-15(16(21)22-10-23-17)25-18(26)30-14-9-13-11(4-7-29-13)8-12(14)20/h8-10,24H,4-7H2,1-3H3,(H2,21,22,23). The molecule has 1 aromatic carbocycles. The number of imidazole rings is 1. The minimum absolute atomic E-state index is 0.201. The molecule has 0 atom stereocenters. The lowest BCUT2D eigenvalue weighted by Crippen LogP contribution is -2.40. The van der Waals surface area contributed by atoms with E-state index in [1.54, 1.807) is 20.8 Å². The smallest absolute Gasteiger partial charge is 0.216 e. The molecule has 0 amide bonds. The zero-order valence-corrected chi connectivity index (χ0v) is 21.1. The first-order valence-corrected chi connectivity index (χ1v) is 13.0. The Kier molecular flexibility index (Phi) is 6.09. The molecule has 0 unspecified atom stereocenters. The van der Waals surface area contributed by atoms with Crippen LogP contribution in [-0.2, 0) is 23.0 Å². The molecule has 31 heavy (non-hydrogen) atoms. The van der Waals surface area contributed by atoms with Crippen molar-refractivity contribution in [3.8, 4) is 5.75 Å². The van der Waals surface area contributed by atoms with Crippen molar-refractivity contribution in [3.63, 3.8) is 0 Å². The van der Waals surface area contributed by atoms with Crippen LogP contribution < -0.4 is 15.2 Å². The molecule has 0 spiro atoms. The number of hydrogen-bond acceptors (Lipinski definition) is 8. The van der Waals surface area contributed by atoms with E-state index in [2.05, 4.69) is 48.3 Å². The largest absolute Gasteiger partial charge is 0.493 e. The fraction of sp³-hybridized carbons (Fsp3) is 0.421. The van der Waals surface area contributed by atoms with E-state index in [9.17, 15) is 8.42 Å². The monoisotopic (exact) mass is 574 g/mol. The highest BCUT2D eigenvalue weighted by molar-refractivity contribution is 14.1. The van der Waals surface area contributed by atoms with Crippen molar-refractivity contribution in [1.82, 2.24) is 24.2 Å². The molecule has 0 bridgehead atoms. The fourth-order valence-electron chi connectivity index (χ4n) is 3.07. The van der Waals surface area contributed by atoms with Gasteiger partial charge in [0.25, 0.3) is 0 Å². The van der Waals surface area contributed by atoms with E-state index in [1.807, 2.05) is 10.6 Å². The summed E-state index contributed by atoms with van der Waals surface area (Å²) in [6.07, 6.45) is 2.30. The number of nitrogen functional groups attached to an aromatic ring is 1. The van der Waals surface area contributed by atoms with Gasteiger partial charge in [-0.3, -0.25) is 0 Å². The van der Waals surface area contributed by atoms with Crippen LogP contribution in [0.15, 0.2) is 28.5 Å². The van der Waals surface area contributed by atoms with E-state index >= 15 is 0 Å². The summed E-state index contributed by atoms with van der Waals surface area (Å²) >= 11 is 3.78. The van der Waals surface area contributed by atoms with Crippen molar-refractivity contribution in [1.29, 1.82) is 0 Å². The van der Waals surface area contributed by atoms with E-state index < -0.39 is 14.8 Å². The molecular formula is C19H23IN6O3S2. The summed E-state index contributed by atoms with van der Waals surface area (Å²) in [5.41, 5.74) is 8.29. The molecule has 4 rings (SSSR count). The molecule has 2 aromatic heterocycles. The first kappa shape index (κ1) is 22.6. The number of rotatable bonds is 6. The summed E-state index contributed by atoms with van der Waals surface area (Å²) in [4.78, 5) is 14.0. The van der Waals surface area contributed by atoms with Crippen molar-refractivity contribution in [2.45, 2.75) is 48.5 Å². The molecule has 166 valence electrons. The van der Waals surface area contributed by atoms with Gasteiger partial charge in [0.2, 0.25) is 10.0 Å². The van der Waals surface area contributed by atoms with Crippen LogP contribution in [0, 0.1) is 3.57 Å².